The number of pyridine rings is 2. The van der Waals surface area contributed by atoms with Crippen molar-refractivity contribution < 1.29 is 17.9 Å². The second-order valence-corrected chi connectivity index (χ2v) is 5.08. The van der Waals surface area contributed by atoms with Gasteiger partial charge in [0.25, 0.3) is 0 Å². The van der Waals surface area contributed by atoms with Crippen LogP contribution in [0, 0.1) is 5.82 Å². The quantitative estimate of drug-likeness (QED) is 0.718. The molecule has 0 saturated carbocycles. The van der Waals surface area contributed by atoms with Crippen molar-refractivity contribution in [3.8, 4) is 28.7 Å². The topological polar surface area (TPSA) is 65.7 Å². The van der Waals surface area contributed by atoms with Gasteiger partial charge in [0.2, 0.25) is 5.88 Å². The van der Waals surface area contributed by atoms with Crippen LogP contribution in [0.1, 0.15) is 0 Å². The van der Waals surface area contributed by atoms with E-state index in [1.807, 2.05) is 0 Å². The van der Waals surface area contributed by atoms with Crippen molar-refractivity contribution in [3.05, 3.63) is 41.6 Å². The lowest BCUT2D eigenvalue weighted by Crippen LogP contribution is -2.06. The molecule has 0 aliphatic carbocycles. The van der Waals surface area contributed by atoms with Crippen molar-refractivity contribution in [1.82, 2.24) is 24.7 Å². The van der Waals surface area contributed by atoms with Gasteiger partial charge in [-0.1, -0.05) is 11.6 Å². The first-order valence-corrected chi connectivity index (χ1v) is 6.95. The van der Waals surface area contributed by atoms with Crippen molar-refractivity contribution >= 4 is 11.6 Å². The van der Waals surface area contributed by atoms with Gasteiger partial charge in [-0.3, -0.25) is 4.98 Å². The van der Waals surface area contributed by atoms with Gasteiger partial charge >= 0.3 is 6.61 Å². The molecular weight excluding hydrogens is 347 g/mol. The minimum atomic E-state index is -3.07. The first-order chi connectivity index (χ1) is 11.5. The average molecular weight is 356 g/mol. The van der Waals surface area contributed by atoms with Crippen LogP contribution in [-0.2, 0) is 7.05 Å². The van der Waals surface area contributed by atoms with E-state index >= 15 is 0 Å². The van der Waals surface area contributed by atoms with E-state index in [1.165, 1.54) is 29.1 Å². The zero-order chi connectivity index (χ0) is 17.3. The van der Waals surface area contributed by atoms with E-state index in [2.05, 4.69) is 24.9 Å². The molecule has 0 aromatic carbocycles. The van der Waals surface area contributed by atoms with Gasteiger partial charge in [-0.05, 0) is 12.1 Å². The molecule has 0 atom stereocenters. The van der Waals surface area contributed by atoms with Crippen LogP contribution in [0.25, 0.3) is 22.8 Å². The number of rotatable bonds is 4. The Bertz CT molecular complexity index is 887. The van der Waals surface area contributed by atoms with Crippen molar-refractivity contribution in [2.24, 2.45) is 7.05 Å². The minimum absolute atomic E-state index is 0.110. The highest BCUT2D eigenvalue weighted by Gasteiger charge is 2.21. The molecule has 0 saturated heterocycles. The highest BCUT2D eigenvalue weighted by Crippen LogP contribution is 2.32. The molecular formula is C14H9ClF3N5O. The third kappa shape index (κ3) is 3.02. The van der Waals surface area contributed by atoms with E-state index < -0.39 is 12.4 Å². The Morgan fingerprint density at radius 1 is 1.17 bits per heavy atom. The fraction of sp³-hybridized carbons (Fsp3) is 0.143. The van der Waals surface area contributed by atoms with Crippen LogP contribution in [0.5, 0.6) is 5.88 Å². The van der Waals surface area contributed by atoms with E-state index in [9.17, 15) is 13.2 Å². The largest absolute Gasteiger partial charge is 0.416 e. The van der Waals surface area contributed by atoms with E-state index in [-0.39, 0.29) is 33.7 Å². The number of hydrogen-bond acceptors (Lipinski definition) is 5. The summed E-state index contributed by atoms with van der Waals surface area (Å²) in [5.41, 5.74) is 0.274. The molecule has 0 radical (unpaired) electrons. The lowest BCUT2D eigenvalue weighted by molar-refractivity contribution is -0.0524. The molecule has 0 aliphatic rings. The van der Waals surface area contributed by atoms with Gasteiger partial charge < -0.3 is 9.30 Å². The summed E-state index contributed by atoms with van der Waals surface area (Å²) < 4.78 is 44.8. The molecule has 0 bridgehead atoms. The third-order valence-electron chi connectivity index (χ3n) is 3.15. The predicted octanol–water partition coefficient (Wildman–Crippen LogP) is 3.33. The average Bonchev–Trinajstić information content (AvgIpc) is 2.91. The van der Waals surface area contributed by atoms with E-state index in [4.69, 9.17) is 11.6 Å². The van der Waals surface area contributed by atoms with Crippen LogP contribution in [0.2, 0.25) is 5.02 Å². The molecule has 3 rings (SSSR count). The Balaban J connectivity index is 2.12. The van der Waals surface area contributed by atoms with Crippen LogP contribution in [0.15, 0.2) is 30.7 Å². The van der Waals surface area contributed by atoms with Crippen LogP contribution < -0.4 is 4.74 Å². The first-order valence-electron chi connectivity index (χ1n) is 6.57. The Morgan fingerprint density at radius 3 is 2.54 bits per heavy atom. The monoisotopic (exact) mass is 355 g/mol. The van der Waals surface area contributed by atoms with Crippen molar-refractivity contribution in [2.75, 3.05) is 0 Å². The lowest BCUT2D eigenvalue weighted by Gasteiger charge is -2.10. The summed E-state index contributed by atoms with van der Waals surface area (Å²) in [6, 6.07) is 2.79. The Kier molecular flexibility index (Phi) is 4.34. The summed E-state index contributed by atoms with van der Waals surface area (Å²) in [4.78, 5) is 7.40. The molecule has 0 amide bonds. The number of alkyl halides is 2. The normalized spacial score (nSPS) is 11.1. The fourth-order valence-electron chi connectivity index (χ4n) is 2.12. The maximum atomic E-state index is 13.9. The molecule has 3 heterocycles. The van der Waals surface area contributed by atoms with Gasteiger partial charge in [0.05, 0.1) is 22.3 Å². The molecule has 24 heavy (non-hydrogen) atoms. The van der Waals surface area contributed by atoms with E-state index in [1.54, 1.807) is 7.05 Å². The molecule has 0 unspecified atom stereocenters. The summed E-state index contributed by atoms with van der Waals surface area (Å²) in [7, 11) is 1.55. The summed E-state index contributed by atoms with van der Waals surface area (Å²) in [5.74, 6) is -0.612. The van der Waals surface area contributed by atoms with Crippen LogP contribution >= 0.6 is 11.6 Å². The summed E-state index contributed by atoms with van der Waals surface area (Å²) in [5, 5.41) is 8.02. The molecule has 3 aromatic heterocycles. The van der Waals surface area contributed by atoms with Gasteiger partial charge in [-0.2, -0.15) is 8.78 Å². The van der Waals surface area contributed by atoms with Crippen molar-refractivity contribution in [3.63, 3.8) is 0 Å². The number of halogens is 4. The van der Waals surface area contributed by atoms with Crippen LogP contribution in [-0.4, -0.2) is 31.3 Å². The fourth-order valence-corrected chi connectivity index (χ4v) is 2.28. The SMILES string of the molecule is Cn1c(-c2ccncc2F)nnc1-c1cc(Cl)cnc1OC(F)F. The highest BCUT2D eigenvalue weighted by atomic mass is 35.5. The summed E-state index contributed by atoms with van der Waals surface area (Å²) in [6.45, 7) is -3.07. The van der Waals surface area contributed by atoms with Crippen molar-refractivity contribution in [2.45, 2.75) is 6.61 Å². The standard InChI is InChI=1S/C14H9ClF3N5O/c1-23-11(8-2-3-19-6-10(8)16)21-22-12(23)9-4-7(15)5-20-13(9)24-14(17)18/h2-6,14H,1H3. The highest BCUT2D eigenvalue weighted by molar-refractivity contribution is 6.30. The minimum Gasteiger partial charge on any atom is -0.416 e. The number of aromatic nitrogens is 5. The molecule has 6 nitrogen and oxygen atoms in total. The summed E-state index contributed by atoms with van der Waals surface area (Å²) >= 11 is 5.87. The van der Waals surface area contributed by atoms with E-state index in [0.717, 1.165) is 6.20 Å². The van der Waals surface area contributed by atoms with E-state index in [0.29, 0.717) is 0 Å². The Hall–Kier alpha value is -2.68. The predicted molar refractivity (Wildman–Crippen MR) is 79.1 cm³/mol. The Labute approximate surface area is 138 Å². The van der Waals surface area contributed by atoms with Gasteiger partial charge in [-0.25, -0.2) is 9.37 Å². The molecule has 3 aromatic rings. The first kappa shape index (κ1) is 16.2. The summed E-state index contributed by atoms with van der Waals surface area (Å²) in [6.07, 6.45) is 3.61. The number of hydrogen-bond donors (Lipinski definition) is 0. The molecule has 0 spiro atoms. The van der Waals surface area contributed by atoms with Gasteiger partial charge in [0.15, 0.2) is 17.5 Å². The molecule has 0 aliphatic heterocycles. The number of ether oxygens (including phenoxy) is 1. The smallest absolute Gasteiger partial charge is 0.388 e. The zero-order valence-electron chi connectivity index (χ0n) is 12.1. The third-order valence-corrected chi connectivity index (χ3v) is 3.35. The number of nitrogens with zero attached hydrogens (tertiary/aromatic N) is 5. The van der Waals surface area contributed by atoms with Gasteiger partial charge in [-0.15, -0.1) is 10.2 Å². The van der Waals surface area contributed by atoms with Gasteiger partial charge in [0, 0.05) is 19.4 Å². The Morgan fingerprint density at radius 2 is 1.88 bits per heavy atom. The maximum absolute atomic E-state index is 13.9. The second-order valence-electron chi connectivity index (χ2n) is 4.65. The molecule has 0 N–H and O–H groups in total. The zero-order valence-corrected chi connectivity index (χ0v) is 12.9. The van der Waals surface area contributed by atoms with Crippen LogP contribution in [0.3, 0.4) is 0 Å². The van der Waals surface area contributed by atoms with Crippen LogP contribution in [0.4, 0.5) is 13.2 Å². The molecule has 124 valence electrons. The molecule has 0 fully saturated rings. The van der Waals surface area contributed by atoms with Gasteiger partial charge in [0.1, 0.15) is 0 Å². The maximum Gasteiger partial charge on any atom is 0.388 e. The lowest BCUT2D eigenvalue weighted by atomic mass is 10.2. The van der Waals surface area contributed by atoms with Crippen molar-refractivity contribution in [1.29, 1.82) is 0 Å². The second kappa shape index (κ2) is 6.44. The molecule has 10 heteroatoms.